The molecule has 0 saturated heterocycles. The summed E-state index contributed by atoms with van der Waals surface area (Å²) in [6, 6.07) is 4.59. The molecule has 1 atom stereocenters. The van der Waals surface area contributed by atoms with Crippen LogP contribution in [0.25, 0.3) is 0 Å². The van der Waals surface area contributed by atoms with Crippen LogP contribution >= 0.6 is 0 Å². The summed E-state index contributed by atoms with van der Waals surface area (Å²) >= 11 is 0. The van der Waals surface area contributed by atoms with Crippen molar-refractivity contribution < 1.29 is 27.4 Å². The Morgan fingerprint density at radius 3 is 2.30 bits per heavy atom. The third-order valence-electron chi connectivity index (χ3n) is 3.00. The van der Waals surface area contributed by atoms with Crippen molar-refractivity contribution in [2.75, 3.05) is 6.61 Å². The summed E-state index contributed by atoms with van der Waals surface area (Å²) in [4.78, 5) is 0. The molecule has 0 saturated carbocycles. The normalized spacial score (nSPS) is 14.4. The van der Waals surface area contributed by atoms with Crippen molar-refractivity contribution in [3.05, 3.63) is 29.8 Å². The third-order valence-corrected chi connectivity index (χ3v) is 3.00. The Labute approximate surface area is 114 Å². The first-order valence-corrected chi connectivity index (χ1v) is 5.92. The molecular weight excluding hydrogens is 278 g/mol. The zero-order valence-corrected chi connectivity index (χ0v) is 11.1. The number of hydrogen-bond acceptors (Lipinski definition) is 3. The maximum atomic E-state index is 13.0. The van der Waals surface area contributed by atoms with Gasteiger partial charge in [0.25, 0.3) is 0 Å². The number of aliphatic hydroxyl groups excluding tert-OH is 1. The number of alkyl halides is 4. The number of para-hydroxylation sites is 1. The summed E-state index contributed by atoms with van der Waals surface area (Å²) in [5.74, 6) is -0.424. The van der Waals surface area contributed by atoms with E-state index in [0.29, 0.717) is 0 Å². The van der Waals surface area contributed by atoms with E-state index in [-0.39, 0.29) is 12.2 Å². The smallest absolute Gasteiger partial charge is 0.428 e. The lowest BCUT2D eigenvalue weighted by Crippen LogP contribution is -2.36. The van der Waals surface area contributed by atoms with E-state index in [1.54, 1.807) is 13.8 Å². The number of nitrogens with two attached hydrogens (primary N) is 1. The van der Waals surface area contributed by atoms with Crippen LogP contribution in [0.2, 0.25) is 0 Å². The first-order chi connectivity index (χ1) is 9.12. The summed E-state index contributed by atoms with van der Waals surface area (Å²) in [7, 11) is 0. The van der Waals surface area contributed by atoms with Crippen LogP contribution in [0, 0.1) is 5.41 Å². The van der Waals surface area contributed by atoms with Gasteiger partial charge in [0, 0.05) is 23.6 Å². The fraction of sp³-hybridized carbons (Fsp3) is 0.538. The zero-order valence-electron chi connectivity index (χ0n) is 11.1. The second kappa shape index (κ2) is 5.97. The Balaban J connectivity index is 3.12. The molecule has 1 aromatic carbocycles. The van der Waals surface area contributed by atoms with Crippen LogP contribution in [0.3, 0.4) is 0 Å². The average Bonchev–Trinajstić information content (AvgIpc) is 2.38. The highest BCUT2D eigenvalue weighted by Gasteiger charge is 2.44. The number of halogens is 4. The fourth-order valence-corrected chi connectivity index (χ4v) is 1.54. The standard InChI is InChI=1S/C13H17F4NO2/c1-12(2,7-19)10(18)8-5-3-4-6-9(8)20-13(16,17)11(14)15/h3-6,10-11,19H,7,18H2,1-2H3/t10-/m0/s1. The molecule has 0 fully saturated rings. The molecule has 0 amide bonds. The van der Waals surface area contributed by atoms with E-state index in [4.69, 9.17) is 5.73 Å². The quantitative estimate of drug-likeness (QED) is 0.793. The van der Waals surface area contributed by atoms with Gasteiger partial charge in [-0.25, -0.2) is 0 Å². The van der Waals surface area contributed by atoms with Gasteiger partial charge < -0.3 is 15.6 Å². The van der Waals surface area contributed by atoms with Crippen LogP contribution in [0.1, 0.15) is 25.5 Å². The lowest BCUT2D eigenvalue weighted by atomic mass is 9.81. The fourth-order valence-electron chi connectivity index (χ4n) is 1.54. The van der Waals surface area contributed by atoms with Gasteiger partial charge in [-0.2, -0.15) is 17.6 Å². The second-order valence-electron chi connectivity index (χ2n) is 5.13. The molecular formula is C13H17F4NO2. The summed E-state index contributed by atoms with van der Waals surface area (Å²) in [6.07, 6.45) is -8.54. The largest absolute Gasteiger partial charge is 0.461 e. The van der Waals surface area contributed by atoms with Crippen molar-refractivity contribution in [1.29, 1.82) is 0 Å². The van der Waals surface area contributed by atoms with Crippen LogP contribution < -0.4 is 10.5 Å². The van der Waals surface area contributed by atoms with Crippen molar-refractivity contribution in [3.8, 4) is 5.75 Å². The molecule has 20 heavy (non-hydrogen) atoms. The number of rotatable bonds is 6. The predicted molar refractivity (Wildman–Crippen MR) is 65.8 cm³/mol. The highest BCUT2D eigenvalue weighted by atomic mass is 19.3. The molecule has 114 valence electrons. The Hall–Kier alpha value is -1.34. The molecule has 3 nitrogen and oxygen atoms in total. The molecule has 0 aliphatic heterocycles. The zero-order chi connectivity index (χ0) is 15.6. The first-order valence-electron chi connectivity index (χ1n) is 5.92. The topological polar surface area (TPSA) is 55.5 Å². The highest BCUT2D eigenvalue weighted by Crippen LogP contribution is 2.38. The van der Waals surface area contributed by atoms with Crippen LogP contribution in [-0.2, 0) is 0 Å². The third kappa shape index (κ3) is 3.61. The first kappa shape index (κ1) is 16.7. The van der Waals surface area contributed by atoms with E-state index in [1.807, 2.05) is 0 Å². The number of hydrogen-bond donors (Lipinski definition) is 2. The number of ether oxygens (including phenoxy) is 1. The maximum Gasteiger partial charge on any atom is 0.461 e. The molecule has 3 N–H and O–H groups in total. The van der Waals surface area contributed by atoms with Crippen molar-refractivity contribution in [2.45, 2.75) is 32.4 Å². The lowest BCUT2D eigenvalue weighted by molar-refractivity contribution is -0.253. The van der Waals surface area contributed by atoms with E-state index in [9.17, 15) is 22.7 Å². The Morgan fingerprint density at radius 2 is 1.80 bits per heavy atom. The van der Waals surface area contributed by atoms with Gasteiger partial charge in [-0.3, -0.25) is 0 Å². The van der Waals surface area contributed by atoms with E-state index >= 15 is 0 Å². The van der Waals surface area contributed by atoms with Crippen molar-refractivity contribution in [3.63, 3.8) is 0 Å². The highest BCUT2D eigenvalue weighted by molar-refractivity contribution is 5.37. The summed E-state index contributed by atoms with van der Waals surface area (Å²) in [5.41, 5.74) is 5.22. The predicted octanol–water partition coefficient (Wildman–Crippen LogP) is 2.94. The molecule has 0 aromatic heterocycles. The average molecular weight is 295 g/mol. The molecule has 0 aliphatic rings. The van der Waals surface area contributed by atoms with Crippen molar-refractivity contribution in [1.82, 2.24) is 0 Å². The summed E-state index contributed by atoms with van der Waals surface area (Å²) < 4.78 is 54.5. The molecule has 0 unspecified atom stereocenters. The van der Waals surface area contributed by atoms with Crippen LogP contribution in [-0.4, -0.2) is 24.2 Å². The SMILES string of the molecule is CC(C)(CO)[C@@H](N)c1ccccc1OC(F)(F)C(F)F. The minimum atomic E-state index is -4.60. The summed E-state index contributed by atoms with van der Waals surface area (Å²) in [5, 5.41) is 9.25. The molecule has 7 heteroatoms. The molecule has 0 heterocycles. The van der Waals surface area contributed by atoms with Gasteiger partial charge >= 0.3 is 12.5 Å². The molecule has 1 aromatic rings. The number of benzene rings is 1. The van der Waals surface area contributed by atoms with E-state index < -0.39 is 29.7 Å². The van der Waals surface area contributed by atoms with Gasteiger partial charge in [-0.05, 0) is 6.07 Å². The van der Waals surface area contributed by atoms with Crippen molar-refractivity contribution >= 4 is 0 Å². The monoisotopic (exact) mass is 295 g/mol. The minimum Gasteiger partial charge on any atom is -0.428 e. The second-order valence-corrected chi connectivity index (χ2v) is 5.13. The molecule has 0 radical (unpaired) electrons. The molecule has 1 rings (SSSR count). The van der Waals surface area contributed by atoms with Gasteiger partial charge in [0.1, 0.15) is 5.75 Å². The van der Waals surface area contributed by atoms with E-state index in [1.165, 1.54) is 18.2 Å². The molecule has 0 spiro atoms. The van der Waals surface area contributed by atoms with Crippen LogP contribution in [0.4, 0.5) is 17.6 Å². The molecule has 0 aliphatic carbocycles. The van der Waals surface area contributed by atoms with E-state index in [2.05, 4.69) is 4.74 Å². The number of aliphatic hydroxyl groups is 1. The molecule has 0 bridgehead atoms. The minimum absolute atomic E-state index is 0.131. The van der Waals surface area contributed by atoms with Gasteiger partial charge in [0.2, 0.25) is 0 Å². The van der Waals surface area contributed by atoms with Gasteiger partial charge in [0.15, 0.2) is 0 Å². The van der Waals surface area contributed by atoms with E-state index in [0.717, 1.165) is 6.07 Å². The Morgan fingerprint density at radius 1 is 1.25 bits per heavy atom. The maximum absolute atomic E-state index is 13.0. The van der Waals surface area contributed by atoms with Gasteiger partial charge in [-0.1, -0.05) is 32.0 Å². The lowest BCUT2D eigenvalue weighted by Gasteiger charge is -2.31. The Bertz CT molecular complexity index is 452. The van der Waals surface area contributed by atoms with Crippen LogP contribution in [0.5, 0.6) is 5.75 Å². The van der Waals surface area contributed by atoms with Crippen LogP contribution in [0.15, 0.2) is 24.3 Å². The van der Waals surface area contributed by atoms with Gasteiger partial charge in [0.05, 0.1) is 0 Å². The summed E-state index contributed by atoms with van der Waals surface area (Å²) in [6.45, 7) is 2.95. The van der Waals surface area contributed by atoms with Crippen molar-refractivity contribution in [2.24, 2.45) is 11.1 Å². The Kier molecular flexibility index (Phi) is 4.99. The van der Waals surface area contributed by atoms with Gasteiger partial charge in [-0.15, -0.1) is 0 Å².